The van der Waals surface area contributed by atoms with Crippen LogP contribution in [0.15, 0.2) is 0 Å². The monoisotopic (exact) mass is 332 g/mol. The molecule has 5 heteroatoms. The number of ether oxygens (including phenoxy) is 3. The lowest BCUT2D eigenvalue weighted by molar-refractivity contribution is -0.373. The summed E-state index contributed by atoms with van der Waals surface area (Å²) >= 11 is 0. The minimum Gasteiger partial charge on any atom is -0.348 e. The molecule has 0 aromatic heterocycles. The second-order valence-electron chi connectivity index (χ2n) is 7.75. The Bertz CT molecular complexity index is 291. The molecule has 23 heavy (non-hydrogen) atoms. The van der Waals surface area contributed by atoms with Gasteiger partial charge in [0.15, 0.2) is 11.6 Å². The van der Waals surface area contributed by atoms with Gasteiger partial charge in [-0.2, -0.15) is 0 Å². The first-order valence-electron chi connectivity index (χ1n) is 8.70. The predicted molar refractivity (Wildman–Crippen MR) is 96.6 cm³/mol. The van der Waals surface area contributed by atoms with Crippen molar-refractivity contribution in [2.75, 3.05) is 54.5 Å². The predicted octanol–water partition coefficient (Wildman–Crippen LogP) is 2.90. The van der Waals surface area contributed by atoms with E-state index in [-0.39, 0.29) is 11.8 Å². The lowest BCUT2D eigenvalue weighted by Crippen LogP contribution is -2.51. The summed E-state index contributed by atoms with van der Waals surface area (Å²) in [4.78, 5) is 4.21. The summed E-state index contributed by atoms with van der Waals surface area (Å²) in [5.41, 5.74) is 0. The van der Waals surface area contributed by atoms with Crippen molar-refractivity contribution in [2.45, 2.75) is 53.1 Å². The summed E-state index contributed by atoms with van der Waals surface area (Å²) < 4.78 is 18.7. The molecule has 0 aromatic rings. The van der Waals surface area contributed by atoms with Crippen LogP contribution < -0.4 is 0 Å². The SMILES string of the molecule is CC(C)C(C)(OCCN(C)C)OC(C)(OCCN(C)C)C(C)C. The third-order valence-electron chi connectivity index (χ3n) is 4.36. The molecule has 0 heterocycles. The molecule has 0 aliphatic carbocycles. The maximum Gasteiger partial charge on any atom is 0.171 e. The van der Waals surface area contributed by atoms with Crippen LogP contribution in [0.3, 0.4) is 0 Å². The number of likely N-dealkylation sites (N-methyl/N-ethyl adjacent to an activating group) is 2. The Labute approximate surface area is 144 Å². The molecule has 0 aliphatic rings. The van der Waals surface area contributed by atoms with E-state index in [2.05, 4.69) is 37.5 Å². The van der Waals surface area contributed by atoms with Crippen molar-refractivity contribution in [1.82, 2.24) is 9.80 Å². The molecule has 0 N–H and O–H groups in total. The number of hydrogen-bond donors (Lipinski definition) is 0. The fraction of sp³-hybridized carbons (Fsp3) is 1.00. The van der Waals surface area contributed by atoms with Crippen LogP contribution in [0.25, 0.3) is 0 Å². The molecule has 0 aliphatic heterocycles. The van der Waals surface area contributed by atoms with Crippen LogP contribution in [0.5, 0.6) is 0 Å². The van der Waals surface area contributed by atoms with Crippen molar-refractivity contribution in [1.29, 1.82) is 0 Å². The van der Waals surface area contributed by atoms with Gasteiger partial charge >= 0.3 is 0 Å². The summed E-state index contributed by atoms with van der Waals surface area (Å²) in [6, 6.07) is 0. The molecule has 0 fully saturated rings. The zero-order valence-corrected chi connectivity index (χ0v) is 17.1. The van der Waals surface area contributed by atoms with Crippen molar-refractivity contribution < 1.29 is 14.2 Å². The largest absolute Gasteiger partial charge is 0.348 e. The summed E-state index contributed by atoms with van der Waals surface area (Å²) in [6.07, 6.45) is 0. The highest BCUT2D eigenvalue weighted by Gasteiger charge is 2.42. The highest BCUT2D eigenvalue weighted by molar-refractivity contribution is 4.77. The van der Waals surface area contributed by atoms with E-state index < -0.39 is 11.6 Å². The van der Waals surface area contributed by atoms with Gasteiger partial charge in [0.05, 0.1) is 13.2 Å². The van der Waals surface area contributed by atoms with Gasteiger partial charge in [-0.25, -0.2) is 0 Å². The highest BCUT2D eigenvalue weighted by atomic mass is 16.8. The molecule has 0 rings (SSSR count). The van der Waals surface area contributed by atoms with E-state index >= 15 is 0 Å². The minimum atomic E-state index is -0.673. The molecule has 5 nitrogen and oxygen atoms in total. The van der Waals surface area contributed by atoms with E-state index in [9.17, 15) is 0 Å². The van der Waals surface area contributed by atoms with E-state index in [1.807, 2.05) is 42.0 Å². The molecule has 140 valence electrons. The van der Waals surface area contributed by atoms with Gasteiger partial charge in [0.2, 0.25) is 0 Å². The smallest absolute Gasteiger partial charge is 0.171 e. The topological polar surface area (TPSA) is 34.2 Å². The van der Waals surface area contributed by atoms with Crippen molar-refractivity contribution in [3.63, 3.8) is 0 Å². The van der Waals surface area contributed by atoms with E-state index in [4.69, 9.17) is 14.2 Å². The normalized spacial score (nSPS) is 18.0. The van der Waals surface area contributed by atoms with Crippen LogP contribution in [-0.4, -0.2) is 75.9 Å². The molecule has 0 amide bonds. The van der Waals surface area contributed by atoms with Crippen LogP contribution in [0.2, 0.25) is 0 Å². The third kappa shape index (κ3) is 8.45. The Kier molecular flexibility index (Phi) is 9.86. The van der Waals surface area contributed by atoms with E-state index in [1.54, 1.807) is 0 Å². The summed E-state index contributed by atoms with van der Waals surface area (Å²) in [5, 5.41) is 0. The first-order valence-corrected chi connectivity index (χ1v) is 8.70. The quantitative estimate of drug-likeness (QED) is 0.513. The molecule has 0 radical (unpaired) electrons. The summed E-state index contributed by atoms with van der Waals surface area (Å²) in [5.74, 6) is -0.902. The van der Waals surface area contributed by atoms with Gasteiger partial charge in [-0.15, -0.1) is 0 Å². The van der Waals surface area contributed by atoms with Gasteiger partial charge in [0.25, 0.3) is 0 Å². The Balaban J connectivity index is 4.92. The van der Waals surface area contributed by atoms with E-state index in [0.29, 0.717) is 13.2 Å². The van der Waals surface area contributed by atoms with Crippen molar-refractivity contribution >= 4 is 0 Å². The Morgan fingerprint density at radius 2 is 1.00 bits per heavy atom. The fourth-order valence-electron chi connectivity index (χ4n) is 1.89. The van der Waals surface area contributed by atoms with Gasteiger partial charge in [-0.1, -0.05) is 27.7 Å². The van der Waals surface area contributed by atoms with Crippen LogP contribution in [-0.2, 0) is 14.2 Å². The molecule has 0 spiro atoms. The molecule has 0 saturated carbocycles. The van der Waals surface area contributed by atoms with Crippen molar-refractivity contribution in [3.05, 3.63) is 0 Å². The number of nitrogens with zero attached hydrogens (tertiary/aromatic N) is 2. The molecular formula is C18H40N2O3. The van der Waals surface area contributed by atoms with Crippen LogP contribution in [0.4, 0.5) is 0 Å². The summed E-state index contributed by atoms with van der Waals surface area (Å²) in [7, 11) is 8.16. The second kappa shape index (κ2) is 9.94. The average Bonchev–Trinajstić information content (AvgIpc) is 2.37. The second-order valence-corrected chi connectivity index (χ2v) is 7.75. The minimum absolute atomic E-state index is 0.222. The Morgan fingerprint density at radius 3 is 1.22 bits per heavy atom. The number of hydrogen-bond acceptors (Lipinski definition) is 5. The van der Waals surface area contributed by atoms with Crippen molar-refractivity contribution in [2.24, 2.45) is 11.8 Å². The van der Waals surface area contributed by atoms with Crippen molar-refractivity contribution in [3.8, 4) is 0 Å². The zero-order chi connectivity index (χ0) is 18.3. The Hall–Kier alpha value is -0.200. The van der Waals surface area contributed by atoms with Gasteiger partial charge in [-0.05, 0) is 42.0 Å². The molecule has 2 atom stereocenters. The van der Waals surface area contributed by atoms with Gasteiger partial charge in [0.1, 0.15) is 0 Å². The summed E-state index contributed by atoms with van der Waals surface area (Å²) in [6.45, 7) is 15.5. The molecule has 0 aromatic carbocycles. The molecular weight excluding hydrogens is 292 g/mol. The van der Waals surface area contributed by atoms with Crippen LogP contribution >= 0.6 is 0 Å². The average molecular weight is 333 g/mol. The number of rotatable bonds is 12. The standard InChI is InChI=1S/C18H40N2O3/c1-15(2)17(5,21-13-11-19(7)8)23-18(6,16(3)4)22-14-12-20(9)10/h15-16H,11-14H2,1-10H3. The lowest BCUT2D eigenvalue weighted by atomic mass is 10.0. The Morgan fingerprint density at radius 1 is 0.696 bits per heavy atom. The molecule has 2 unspecified atom stereocenters. The maximum absolute atomic E-state index is 6.43. The first kappa shape index (κ1) is 22.8. The van der Waals surface area contributed by atoms with Gasteiger partial charge in [0, 0.05) is 24.9 Å². The molecule has 0 saturated heterocycles. The lowest BCUT2D eigenvalue weighted by Gasteiger charge is -2.44. The van der Waals surface area contributed by atoms with Gasteiger partial charge < -0.3 is 24.0 Å². The molecule has 0 bridgehead atoms. The highest BCUT2D eigenvalue weighted by Crippen LogP contribution is 2.34. The van der Waals surface area contributed by atoms with E-state index in [1.165, 1.54) is 0 Å². The first-order chi connectivity index (χ1) is 10.4. The van der Waals surface area contributed by atoms with Crippen LogP contribution in [0.1, 0.15) is 41.5 Å². The third-order valence-corrected chi connectivity index (χ3v) is 4.36. The fourth-order valence-corrected chi connectivity index (χ4v) is 1.89. The zero-order valence-electron chi connectivity index (χ0n) is 17.1. The van der Waals surface area contributed by atoms with E-state index in [0.717, 1.165) is 13.1 Å². The maximum atomic E-state index is 6.43. The van der Waals surface area contributed by atoms with Gasteiger partial charge in [-0.3, -0.25) is 0 Å². The van der Waals surface area contributed by atoms with Crippen LogP contribution in [0, 0.1) is 11.8 Å².